The van der Waals surface area contributed by atoms with Crippen LogP contribution in [0.2, 0.25) is 0 Å². The molecule has 0 amide bonds. The molecule has 3 heteroatoms. The molecule has 1 unspecified atom stereocenters. The first kappa shape index (κ1) is 14.5. The van der Waals surface area contributed by atoms with Crippen molar-refractivity contribution in [3.63, 3.8) is 0 Å². The highest BCUT2D eigenvalue weighted by molar-refractivity contribution is 5.26. The van der Waals surface area contributed by atoms with Gasteiger partial charge in [-0.3, -0.25) is 0 Å². The highest BCUT2D eigenvalue weighted by Gasteiger charge is 2.18. The van der Waals surface area contributed by atoms with Crippen LogP contribution in [0, 0.1) is 0 Å². The summed E-state index contributed by atoms with van der Waals surface area (Å²) in [6.45, 7) is 8.70. The summed E-state index contributed by atoms with van der Waals surface area (Å²) in [4.78, 5) is 4.94. The molecule has 2 N–H and O–H groups in total. The minimum absolute atomic E-state index is 0.467. The molecule has 2 rings (SSSR count). The summed E-state index contributed by atoms with van der Waals surface area (Å²) in [7, 11) is 2.20. The van der Waals surface area contributed by atoms with Crippen LogP contribution >= 0.6 is 0 Å². The molecule has 0 aliphatic carbocycles. The van der Waals surface area contributed by atoms with Gasteiger partial charge in [0.25, 0.3) is 0 Å². The first-order chi connectivity index (χ1) is 9.22. The minimum atomic E-state index is 0.467. The molecule has 1 aromatic rings. The third-order valence-corrected chi connectivity index (χ3v) is 4.22. The molecular weight excluding hydrogens is 234 g/mol. The van der Waals surface area contributed by atoms with Gasteiger partial charge in [0.15, 0.2) is 0 Å². The molecule has 19 heavy (non-hydrogen) atoms. The number of nitrogens with zero attached hydrogens (tertiary/aromatic N) is 2. The topological polar surface area (TPSA) is 32.5 Å². The monoisotopic (exact) mass is 261 g/mol. The molecule has 1 heterocycles. The Hall–Kier alpha value is -0.900. The molecule has 1 aliphatic rings. The first-order valence-electron chi connectivity index (χ1n) is 7.42. The Kier molecular flexibility index (Phi) is 5.37. The summed E-state index contributed by atoms with van der Waals surface area (Å²) in [6.07, 6.45) is 1.10. The van der Waals surface area contributed by atoms with E-state index in [1.807, 2.05) is 0 Å². The highest BCUT2D eigenvalue weighted by Crippen LogP contribution is 2.18. The zero-order valence-electron chi connectivity index (χ0n) is 12.3. The molecule has 0 aromatic heterocycles. The zero-order chi connectivity index (χ0) is 13.7. The molecule has 0 saturated carbocycles. The molecule has 0 bridgehead atoms. The molecule has 0 radical (unpaired) electrons. The van der Waals surface area contributed by atoms with Crippen molar-refractivity contribution < 1.29 is 0 Å². The predicted molar refractivity (Wildman–Crippen MR) is 81.6 cm³/mol. The van der Waals surface area contributed by atoms with E-state index in [1.54, 1.807) is 0 Å². The number of hydrogen-bond acceptors (Lipinski definition) is 3. The van der Waals surface area contributed by atoms with Gasteiger partial charge in [-0.2, -0.15) is 0 Å². The van der Waals surface area contributed by atoms with Crippen LogP contribution < -0.4 is 5.73 Å². The second-order valence-electron chi connectivity index (χ2n) is 5.63. The van der Waals surface area contributed by atoms with Crippen LogP contribution in [0.5, 0.6) is 0 Å². The van der Waals surface area contributed by atoms with E-state index in [4.69, 9.17) is 5.73 Å². The highest BCUT2D eigenvalue weighted by atomic mass is 15.2. The van der Waals surface area contributed by atoms with Crippen LogP contribution in [0.15, 0.2) is 24.3 Å². The van der Waals surface area contributed by atoms with E-state index < -0.39 is 0 Å². The quantitative estimate of drug-likeness (QED) is 0.872. The van der Waals surface area contributed by atoms with E-state index in [0.29, 0.717) is 5.92 Å². The van der Waals surface area contributed by atoms with Gasteiger partial charge in [0.1, 0.15) is 0 Å². The van der Waals surface area contributed by atoms with Gasteiger partial charge < -0.3 is 15.5 Å². The molecule has 1 aromatic carbocycles. The lowest BCUT2D eigenvalue weighted by Crippen LogP contribution is -2.46. The van der Waals surface area contributed by atoms with Gasteiger partial charge in [0, 0.05) is 45.2 Å². The number of aryl methyl sites for hydroxylation is 1. The van der Waals surface area contributed by atoms with E-state index in [0.717, 1.165) is 19.5 Å². The maximum atomic E-state index is 5.98. The standard InChI is InChI=1S/C16H27N3/c1-3-14-4-6-15(7-5-14)16(12-17)13-19-10-8-18(2)9-11-19/h4-7,16H,3,8-13,17H2,1-2H3. The Morgan fingerprint density at radius 2 is 1.74 bits per heavy atom. The van der Waals surface area contributed by atoms with E-state index in [-0.39, 0.29) is 0 Å². The van der Waals surface area contributed by atoms with Crippen LogP contribution in [0.25, 0.3) is 0 Å². The first-order valence-corrected chi connectivity index (χ1v) is 7.42. The van der Waals surface area contributed by atoms with Gasteiger partial charge >= 0.3 is 0 Å². The average Bonchev–Trinajstić information content (AvgIpc) is 2.47. The van der Waals surface area contributed by atoms with Crippen LogP contribution in [0.3, 0.4) is 0 Å². The lowest BCUT2D eigenvalue weighted by Gasteiger charge is -2.34. The number of hydrogen-bond donors (Lipinski definition) is 1. The van der Waals surface area contributed by atoms with Crippen LogP contribution in [-0.2, 0) is 6.42 Å². The average molecular weight is 261 g/mol. The van der Waals surface area contributed by atoms with Crippen molar-refractivity contribution in [3.05, 3.63) is 35.4 Å². The Bertz CT molecular complexity index is 366. The summed E-state index contributed by atoms with van der Waals surface area (Å²) in [6, 6.07) is 8.99. The van der Waals surface area contributed by atoms with Gasteiger partial charge in [-0.15, -0.1) is 0 Å². The largest absolute Gasteiger partial charge is 0.330 e. The van der Waals surface area contributed by atoms with Gasteiger partial charge in [-0.25, -0.2) is 0 Å². The third kappa shape index (κ3) is 4.03. The molecular formula is C16H27N3. The molecule has 1 aliphatic heterocycles. The molecule has 1 atom stereocenters. The number of rotatable bonds is 5. The molecule has 106 valence electrons. The third-order valence-electron chi connectivity index (χ3n) is 4.22. The van der Waals surface area contributed by atoms with Crippen molar-refractivity contribution in [2.45, 2.75) is 19.3 Å². The number of likely N-dealkylation sites (N-methyl/N-ethyl adjacent to an activating group) is 1. The fourth-order valence-corrected chi connectivity index (χ4v) is 2.68. The zero-order valence-corrected chi connectivity index (χ0v) is 12.3. The second kappa shape index (κ2) is 7.04. The second-order valence-corrected chi connectivity index (χ2v) is 5.63. The van der Waals surface area contributed by atoms with E-state index in [9.17, 15) is 0 Å². The minimum Gasteiger partial charge on any atom is -0.330 e. The normalized spacial score (nSPS) is 19.5. The Balaban J connectivity index is 1.95. The number of piperazine rings is 1. The van der Waals surface area contributed by atoms with Crippen molar-refractivity contribution in [1.29, 1.82) is 0 Å². The molecule has 1 fully saturated rings. The van der Waals surface area contributed by atoms with Crippen molar-refractivity contribution in [2.75, 3.05) is 46.3 Å². The summed E-state index contributed by atoms with van der Waals surface area (Å²) >= 11 is 0. The molecule has 3 nitrogen and oxygen atoms in total. The maximum Gasteiger partial charge on any atom is 0.0110 e. The van der Waals surface area contributed by atoms with Gasteiger partial charge in [0.2, 0.25) is 0 Å². The predicted octanol–water partition coefficient (Wildman–Crippen LogP) is 1.54. The van der Waals surface area contributed by atoms with Crippen molar-refractivity contribution >= 4 is 0 Å². The van der Waals surface area contributed by atoms with Crippen molar-refractivity contribution in [2.24, 2.45) is 5.73 Å². The van der Waals surface area contributed by atoms with E-state index >= 15 is 0 Å². The van der Waals surface area contributed by atoms with E-state index in [2.05, 4.69) is 48.0 Å². The summed E-state index contributed by atoms with van der Waals surface area (Å²) in [5.74, 6) is 0.467. The number of nitrogens with two attached hydrogens (primary N) is 1. The fourth-order valence-electron chi connectivity index (χ4n) is 2.68. The van der Waals surface area contributed by atoms with Gasteiger partial charge in [0.05, 0.1) is 0 Å². The van der Waals surface area contributed by atoms with Gasteiger partial charge in [-0.05, 0) is 24.6 Å². The summed E-state index contributed by atoms with van der Waals surface area (Å²) in [5, 5.41) is 0. The Labute approximate surface area is 117 Å². The molecule has 1 saturated heterocycles. The number of benzene rings is 1. The van der Waals surface area contributed by atoms with Crippen LogP contribution in [0.4, 0.5) is 0 Å². The smallest absolute Gasteiger partial charge is 0.0110 e. The van der Waals surface area contributed by atoms with Crippen molar-refractivity contribution in [1.82, 2.24) is 9.80 Å². The van der Waals surface area contributed by atoms with E-state index in [1.165, 1.54) is 37.3 Å². The van der Waals surface area contributed by atoms with Crippen LogP contribution in [-0.4, -0.2) is 56.1 Å². The fraction of sp³-hybridized carbons (Fsp3) is 0.625. The maximum absolute atomic E-state index is 5.98. The van der Waals surface area contributed by atoms with Crippen molar-refractivity contribution in [3.8, 4) is 0 Å². The lowest BCUT2D eigenvalue weighted by molar-refractivity contribution is 0.147. The SMILES string of the molecule is CCc1ccc(C(CN)CN2CCN(C)CC2)cc1. The summed E-state index contributed by atoms with van der Waals surface area (Å²) < 4.78 is 0. The molecule has 0 spiro atoms. The van der Waals surface area contributed by atoms with Crippen LogP contribution in [0.1, 0.15) is 24.0 Å². The lowest BCUT2D eigenvalue weighted by atomic mass is 9.96. The Morgan fingerprint density at radius 1 is 1.11 bits per heavy atom. The summed E-state index contributed by atoms with van der Waals surface area (Å²) in [5.41, 5.74) is 8.77. The Morgan fingerprint density at radius 3 is 2.26 bits per heavy atom. The van der Waals surface area contributed by atoms with Gasteiger partial charge in [-0.1, -0.05) is 31.2 Å².